The number of hydrogen-bond donors (Lipinski definition) is 2. The summed E-state index contributed by atoms with van der Waals surface area (Å²) >= 11 is 4.80. The highest BCUT2D eigenvalue weighted by Crippen LogP contribution is 2.30. The molecule has 0 aliphatic rings. The highest BCUT2D eigenvalue weighted by molar-refractivity contribution is 9.11. The van der Waals surface area contributed by atoms with Crippen LogP contribution < -0.4 is 5.73 Å². The Kier molecular flexibility index (Phi) is 6.50. The molecule has 0 aliphatic carbocycles. The van der Waals surface area contributed by atoms with E-state index in [1.54, 1.807) is 0 Å². The number of hydrogen-bond acceptors (Lipinski definition) is 4. The Morgan fingerprint density at radius 1 is 1.47 bits per heavy atom. The number of rotatable bonds is 7. The molecule has 0 spiro atoms. The smallest absolute Gasteiger partial charge is 0.251 e. The first-order valence-corrected chi connectivity index (χ1v) is 6.77. The van der Waals surface area contributed by atoms with Gasteiger partial charge >= 0.3 is 0 Å². The van der Waals surface area contributed by atoms with Gasteiger partial charge in [-0.25, -0.2) is 8.78 Å². The molecule has 3 N–H and O–H groups in total. The number of nitrogens with zero attached hydrogens (tertiary/aromatic N) is 1. The van der Waals surface area contributed by atoms with Gasteiger partial charge < -0.3 is 10.8 Å². The van der Waals surface area contributed by atoms with E-state index < -0.39 is 6.43 Å². The average Bonchev–Trinajstić information content (AvgIpc) is 2.65. The molecule has 0 saturated heterocycles. The summed E-state index contributed by atoms with van der Waals surface area (Å²) in [6.07, 6.45) is -2.43. The molecule has 1 atom stereocenters. The fourth-order valence-electron chi connectivity index (χ4n) is 1.63. The van der Waals surface area contributed by atoms with Gasteiger partial charge in [-0.1, -0.05) is 0 Å². The molecule has 1 heterocycles. The highest BCUT2D eigenvalue weighted by atomic mass is 79.9. The summed E-state index contributed by atoms with van der Waals surface area (Å²) in [4.78, 5) is 2.44. The molecule has 0 aliphatic heterocycles. The SMILES string of the molecule is NCC(c1ccc(Br)s1)N(CCO)CC(F)F. The van der Waals surface area contributed by atoms with Crippen molar-refractivity contribution in [1.29, 1.82) is 0 Å². The van der Waals surface area contributed by atoms with Crippen LogP contribution in [-0.4, -0.2) is 42.7 Å². The second-order valence-corrected chi connectivity index (χ2v) is 6.00. The maximum Gasteiger partial charge on any atom is 0.251 e. The Labute approximate surface area is 111 Å². The van der Waals surface area contributed by atoms with Crippen molar-refractivity contribution in [2.24, 2.45) is 5.73 Å². The van der Waals surface area contributed by atoms with E-state index in [9.17, 15) is 8.78 Å². The summed E-state index contributed by atoms with van der Waals surface area (Å²) in [5.74, 6) is 0. The van der Waals surface area contributed by atoms with Crippen LogP contribution in [0, 0.1) is 0 Å². The minimum atomic E-state index is -2.43. The van der Waals surface area contributed by atoms with Gasteiger partial charge in [0.1, 0.15) is 0 Å². The Morgan fingerprint density at radius 3 is 2.59 bits per heavy atom. The average molecular weight is 329 g/mol. The Morgan fingerprint density at radius 2 is 2.18 bits per heavy atom. The third kappa shape index (κ3) is 4.59. The molecule has 0 amide bonds. The predicted molar refractivity (Wildman–Crippen MR) is 68.5 cm³/mol. The third-order valence-corrected chi connectivity index (χ3v) is 4.07. The minimum Gasteiger partial charge on any atom is -0.395 e. The van der Waals surface area contributed by atoms with Crippen molar-refractivity contribution in [2.75, 3.05) is 26.2 Å². The Hall–Kier alpha value is -0.0800. The van der Waals surface area contributed by atoms with E-state index >= 15 is 0 Å². The van der Waals surface area contributed by atoms with Crippen molar-refractivity contribution in [1.82, 2.24) is 4.90 Å². The van der Waals surface area contributed by atoms with Gasteiger partial charge in [-0.15, -0.1) is 11.3 Å². The van der Waals surface area contributed by atoms with E-state index in [0.29, 0.717) is 0 Å². The quantitative estimate of drug-likeness (QED) is 0.805. The second-order valence-electron chi connectivity index (χ2n) is 3.50. The molecule has 1 aromatic rings. The Bertz CT molecular complexity index is 338. The first kappa shape index (κ1) is 15.0. The van der Waals surface area contributed by atoms with Crippen LogP contribution in [0.1, 0.15) is 10.9 Å². The molecule has 0 aromatic carbocycles. The number of aliphatic hydroxyl groups excluding tert-OH is 1. The fraction of sp³-hybridized carbons (Fsp3) is 0.600. The van der Waals surface area contributed by atoms with Crippen LogP contribution in [0.4, 0.5) is 8.78 Å². The number of halogens is 3. The van der Waals surface area contributed by atoms with Crippen molar-refractivity contribution in [3.05, 3.63) is 20.8 Å². The molecule has 1 unspecified atom stereocenters. The summed E-state index contributed by atoms with van der Waals surface area (Å²) in [6, 6.07) is 3.46. The van der Waals surface area contributed by atoms with Crippen LogP contribution in [0.5, 0.6) is 0 Å². The van der Waals surface area contributed by atoms with Crippen LogP contribution >= 0.6 is 27.3 Å². The van der Waals surface area contributed by atoms with Crippen molar-refractivity contribution in [3.63, 3.8) is 0 Å². The minimum absolute atomic E-state index is 0.157. The molecular formula is C10H15BrF2N2OS. The normalized spacial score (nSPS) is 13.6. The van der Waals surface area contributed by atoms with Crippen molar-refractivity contribution in [3.8, 4) is 0 Å². The zero-order valence-electron chi connectivity index (χ0n) is 9.15. The predicted octanol–water partition coefficient (Wildman–Crippen LogP) is 2.07. The van der Waals surface area contributed by atoms with Gasteiger partial charge in [0.25, 0.3) is 6.43 Å². The van der Waals surface area contributed by atoms with Crippen LogP contribution in [0.2, 0.25) is 0 Å². The maximum atomic E-state index is 12.5. The standard InChI is InChI=1S/C10H15BrF2N2OS/c11-9-2-1-8(17-9)7(5-14)15(3-4-16)6-10(12)13/h1-2,7,10,16H,3-6,14H2. The summed E-state index contributed by atoms with van der Waals surface area (Å²) in [5, 5.41) is 8.91. The number of aliphatic hydroxyl groups is 1. The second kappa shape index (κ2) is 7.38. The van der Waals surface area contributed by atoms with Crippen molar-refractivity contribution >= 4 is 27.3 Å². The third-order valence-electron chi connectivity index (χ3n) is 2.35. The molecule has 1 aromatic heterocycles. The van der Waals surface area contributed by atoms with E-state index in [0.717, 1.165) is 8.66 Å². The van der Waals surface area contributed by atoms with Gasteiger partial charge in [0.2, 0.25) is 0 Å². The lowest BCUT2D eigenvalue weighted by Gasteiger charge is -2.29. The summed E-state index contributed by atoms with van der Waals surface area (Å²) < 4.78 is 25.8. The largest absolute Gasteiger partial charge is 0.395 e. The first-order chi connectivity index (χ1) is 8.08. The van der Waals surface area contributed by atoms with Crippen LogP contribution in [0.3, 0.4) is 0 Å². The number of nitrogens with two attached hydrogens (primary N) is 1. The van der Waals surface area contributed by atoms with Gasteiger partial charge in [0.15, 0.2) is 0 Å². The Balaban J connectivity index is 2.80. The number of alkyl halides is 2. The molecule has 3 nitrogen and oxygen atoms in total. The molecule has 17 heavy (non-hydrogen) atoms. The van der Waals surface area contributed by atoms with Gasteiger partial charge in [-0.3, -0.25) is 4.90 Å². The van der Waals surface area contributed by atoms with Crippen LogP contribution in [-0.2, 0) is 0 Å². The van der Waals surface area contributed by atoms with Crippen molar-refractivity contribution in [2.45, 2.75) is 12.5 Å². The van der Waals surface area contributed by atoms with Crippen LogP contribution in [0.15, 0.2) is 15.9 Å². The van der Waals surface area contributed by atoms with E-state index in [1.807, 2.05) is 12.1 Å². The lowest BCUT2D eigenvalue weighted by molar-refractivity contribution is 0.0570. The monoisotopic (exact) mass is 328 g/mol. The van der Waals surface area contributed by atoms with E-state index in [2.05, 4.69) is 15.9 Å². The molecule has 0 saturated carbocycles. The zero-order valence-corrected chi connectivity index (χ0v) is 11.6. The molecular weight excluding hydrogens is 314 g/mol. The molecule has 7 heteroatoms. The van der Waals surface area contributed by atoms with Gasteiger partial charge in [-0.2, -0.15) is 0 Å². The summed E-state index contributed by atoms with van der Waals surface area (Å²) in [6.45, 7) is -0.0882. The van der Waals surface area contributed by atoms with Crippen LogP contribution in [0.25, 0.3) is 0 Å². The molecule has 0 fully saturated rings. The van der Waals surface area contributed by atoms with Gasteiger partial charge in [0.05, 0.1) is 23.0 Å². The van der Waals surface area contributed by atoms with E-state index in [1.165, 1.54) is 16.2 Å². The molecule has 98 valence electrons. The van der Waals surface area contributed by atoms with E-state index in [-0.39, 0.29) is 32.3 Å². The lowest BCUT2D eigenvalue weighted by atomic mass is 10.2. The first-order valence-electron chi connectivity index (χ1n) is 5.16. The number of thiophene rings is 1. The molecule has 1 rings (SSSR count). The lowest BCUT2D eigenvalue weighted by Crippen LogP contribution is -2.38. The molecule has 0 bridgehead atoms. The van der Waals surface area contributed by atoms with E-state index in [4.69, 9.17) is 10.8 Å². The van der Waals surface area contributed by atoms with Gasteiger partial charge in [-0.05, 0) is 28.1 Å². The van der Waals surface area contributed by atoms with Gasteiger partial charge in [0, 0.05) is 18.0 Å². The topological polar surface area (TPSA) is 49.5 Å². The molecule has 0 radical (unpaired) electrons. The summed E-state index contributed by atoms with van der Waals surface area (Å²) in [5.41, 5.74) is 5.64. The highest BCUT2D eigenvalue weighted by Gasteiger charge is 2.23. The van der Waals surface area contributed by atoms with Crippen molar-refractivity contribution < 1.29 is 13.9 Å². The summed E-state index contributed by atoms with van der Waals surface area (Å²) in [7, 11) is 0. The zero-order chi connectivity index (χ0) is 12.8. The maximum absolute atomic E-state index is 12.5. The fourth-order valence-corrected chi connectivity index (χ4v) is 3.20.